The molecule has 4 nitrogen and oxygen atoms in total. The van der Waals surface area contributed by atoms with Crippen LogP contribution in [0.15, 0.2) is 30.3 Å². The maximum absolute atomic E-state index is 12.4. The van der Waals surface area contributed by atoms with E-state index in [4.69, 9.17) is 0 Å². The second-order valence-electron chi connectivity index (χ2n) is 6.00. The van der Waals surface area contributed by atoms with E-state index in [1.807, 2.05) is 42.2 Å². The lowest BCUT2D eigenvalue weighted by Gasteiger charge is -2.25. The Kier molecular flexibility index (Phi) is 7.64. The van der Waals surface area contributed by atoms with Gasteiger partial charge in [0.15, 0.2) is 0 Å². The third-order valence-electron chi connectivity index (χ3n) is 3.58. The molecule has 0 N–H and O–H groups in total. The minimum Gasteiger partial charge on any atom is -0.342 e. The molecule has 0 spiro atoms. The van der Waals surface area contributed by atoms with Crippen LogP contribution in [0.25, 0.3) is 0 Å². The van der Waals surface area contributed by atoms with Crippen molar-refractivity contribution < 1.29 is 9.59 Å². The second kappa shape index (κ2) is 9.23. The van der Waals surface area contributed by atoms with Crippen molar-refractivity contribution in [2.45, 2.75) is 40.7 Å². The highest BCUT2D eigenvalue weighted by Crippen LogP contribution is 2.07. The molecule has 0 saturated heterocycles. The topological polar surface area (TPSA) is 40.6 Å². The average Bonchev–Trinajstić information content (AvgIpc) is 2.49. The summed E-state index contributed by atoms with van der Waals surface area (Å²) in [4.78, 5) is 27.6. The van der Waals surface area contributed by atoms with Crippen molar-refractivity contribution in [3.8, 4) is 0 Å². The minimum absolute atomic E-state index is 0.0348. The van der Waals surface area contributed by atoms with Crippen molar-refractivity contribution in [2.75, 3.05) is 19.6 Å². The molecule has 2 amide bonds. The van der Waals surface area contributed by atoms with Crippen molar-refractivity contribution in [3.63, 3.8) is 0 Å². The van der Waals surface area contributed by atoms with Gasteiger partial charge in [0.25, 0.3) is 0 Å². The summed E-state index contributed by atoms with van der Waals surface area (Å²) in [5.74, 6) is 0.541. The molecule has 0 heterocycles. The van der Waals surface area contributed by atoms with Crippen LogP contribution in [0.4, 0.5) is 0 Å². The normalized spacial score (nSPS) is 10.6. The summed E-state index contributed by atoms with van der Waals surface area (Å²) in [7, 11) is 0. The molecule has 0 aromatic heterocycles. The lowest BCUT2D eigenvalue weighted by molar-refractivity contribution is -0.134. The SMILES string of the molecule is CCN(Cc1ccccc1)C(=O)CCN(CC(C)C)C(C)=O. The molecule has 0 radical (unpaired) electrons. The van der Waals surface area contributed by atoms with Crippen LogP contribution in [0.2, 0.25) is 0 Å². The van der Waals surface area contributed by atoms with Crippen LogP contribution < -0.4 is 0 Å². The molecule has 0 aliphatic carbocycles. The van der Waals surface area contributed by atoms with Gasteiger partial charge in [-0.2, -0.15) is 0 Å². The molecule has 0 bridgehead atoms. The van der Waals surface area contributed by atoms with E-state index in [1.165, 1.54) is 0 Å². The van der Waals surface area contributed by atoms with E-state index in [2.05, 4.69) is 13.8 Å². The fraction of sp³-hybridized carbons (Fsp3) is 0.556. The van der Waals surface area contributed by atoms with Crippen LogP contribution in [0.1, 0.15) is 39.7 Å². The summed E-state index contributed by atoms with van der Waals surface area (Å²) in [5, 5.41) is 0. The molecule has 1 aromatic rings. The first-order valence-electron chi connectivity index (χ1n) is 8.01. The van der Waals surface area contributed by atoms with Crippen LogP contribution in [0.3, 0.4) is 0 Å². The molecule has 0 aliphatic rings. The Balaban J connectivity index is 2.55. The zero-order valence-electron chi connectivity index (χ0n) is 14.2. The Bertz CT molecular complexity index is 471. The van der Waals surface area contributed by atoms with Gasteiger partial charge in [0, 0.05) is 39.5 Å². The number of hydrogen-bond acceptors (Lipinski definition) is 2. The molecule has 122 valence electrons. The second-order valence-corrected chi connectivity index (χ2v) is 6.00. The zero-order chi connectivity index (χ0) is 16.5. The van der Waals surface area contributed by atoms with Gasteiger partial charge in [-0.25, -0.2) is 0 Å². The number of amides is 2. The maximum atomic E-state index is 12.4. The van der Waals surface area contributed by atoms with E-state index in [0.29, 0.717) is 38.5 Å². The summed E-state index contributed by atoms with van der Waals surface area (Å²) in [6.45, 7) is 10.2. The molecule has 0 aliphatic heterocycles. The Morgan fingerprint density at radius 3 is 2.23 bits per heavy atom. The zero-order valence-corrected chi connectivity index (χ0v) is 14.2. The third-order valence-corrected chi connectivity index (χ3v) is 3.58. The minimum atomic E-state index is 0.0348. The lowest BCUT2D eigenvalue weighted by atomic mass is 10.2. The number of nitrogens with zero attached hydrogens (tertiary/aromatic N) is 2. The van der Waals surface area contributed by atoms with Gasteiger partial charge in [-0.15, -0.1) is 0 Å². The molecule has 0 atom stereocenters. The summed E-state index contributed by atoms with van der Waals surface area (Å²) in [5.41, 5.74) is 1.13. The van der Waals surface area contributed by atoms with Gasteiger partial charge in [-0.3, -0.25) is 9.59 Å². The van der Waals surface area contributed by atoms with E-state index in [0.717, 1.165) is 5.56 Å². The molecule has 1 rings (SSSR count). The first-order valence-corrected chi connectivity index (χ1v) is 8.01. The Morgan fingerprint density at radius 1 is 1.09 bits per heavy atom. The molecule has 1 aromatic carbocycles. The van der Waals surface area contributed by atoms with Crippen molar-refractivity contribution in [1.29, 1.82) is 0 Å². The van der Waals surface area contributed by atoms with Crippen LogP contribution >= 0.6 is 0 Å². The predicted octanol–water partition coefficient (Wildman–Crippen LogP) is 2.93. The average molecular weight is 304 g/mol. The molecule has 4 heteroatoms. The Morgan fingerprint density at radius 2 is 1.73 bits per heavy atom. The van der Waals surface area contributed by atoms with Gasteiger partial charge in [0.1, 0.15) is 0 Å². The monoisotopic (exact) mass is 304 g/mol. The summed E-state index contributed by atoms with van der Waals surface area (Å²) in [6, 6.07) is 9.98. The van der Waals surface area contributed by atoms with E-state index >= 15 is 0 Å². The van der Waals surface area contributed by atoms with E-state index in [9.17, 15) is 9.59 Å². The van der Waals surface area contributed by atoms with Crippen molar-refractivity contribution >= 4 is 11.8 Å². The fourth-order valence-electron chi connectivity index (χ4n) is 2.39. The van der Waals surface area contributed by atoms with Gasteiger partial charge in [0.05, 0.1) is 0 Å². The lowest BCUT2D eigenvalue weighted by Crippen LogP contribution is -2.37. The number of benzene rings is 1. The van der Waals surface area contributed by atoms with Gasteiger partial charge in [-0.1, -0.05) is 44.2 Å². The molecule has 0 saturated carbocycles. The van der Waals surface area contributed by atoms with Gasteiger partial charge in [-0.05, 0) is 18.4 Å². The van der Waals surface area contributed by atoms with E-state index in [-0.39, 0.29) is 11.8 Å². The standard InChI is InChI=1S/C18H28N2O2/c1-5-19(14-17-9-7-6-8-10-17)18(22)11-12-20(16(4)21)13-15(2)3/h6-10,15H,5,11-14H2,1-4H3. The number of carbonyl (C=O) groups excluding carboxylic acids is 2. The first kappa shape index (κ1) is 18.2. The predicted molar refractivity (Wildman–Crippen MR) is 89.2 cm³/mol. The van der Waals surface area contributed by atoms with Crippen LogP contribution in [0, 0.1) is 5.92 Å². The molecule has 22 heavy (non-hydrogen) atoms. The van der Waals surface area contributed by atoms with Crippen molar-refractivity contribution in [3.05, 3.63) is 35.9 Å². The van der Waals surface area contributed by atoms with Gasteiger partial charge < -0.3 is 9.80 Å². The van der Waals surface area contributed by atoms with Gasteiger partial charge in [0.2, 0.25) is 11.8 Å². The summed E-state index contributed by atoms with van der Waals surface area (Å²) in [6.07, 6.45) is 0.382. The largest absolute Gasteiger partial charge is 0.342 e. The highest BCUT2D eigenvalue weighted by molar-refractivity contribution is 5.78. The van der Waals surface area contributed by atoms with Crippen molar-refractivity contribution in [1.82, 2.24) is 9.80 Å². The number of hydrogen-bond donors (Lipinski definition) is 0. The van der Waals surface area contributed by atoms with Crippen LogP contribution in [-0.2, 0) is 16.1 Å². The molecule has 0 fully saturated rings. The smallest absolute Gasteiger partial charge is 0.224 e. The first-order chi connectivity index (χ1) is 10.4. The third kappa shape index (κ3) is 6.29. The fourth-order valence-corrected chi connectivity index (χ4v) is 2.39. The van der Waals surface area contributed by atoms with Gasteiger partial charge >= 0.3 is 0 Å². The highest BCUT2D eigenvalue weighted by atomic mass is 16.2. The summed E-state index contributed by atoms with van der Waals surface area (Å²) < 4.78 is 0. The van der Waals surface area contributed by atoms with E-state index in [1.54, 1.807) is 11.8 Å². The number of carbonyl (C=O) groups is 2. The quantitative estimate of drug-likeness (QED) is 0.741. The molecule has 0 unspecified atom stereocenters. The molecular weight excluding hydrogens is 276 g/mol. The van der Waals surface area contributed by atoms with Crippen molar-refractivity contribution in [2.24, 2.45) is 5.92 Å². The summed E-state index contributed by atoms with van der Waals surface area (Å²) >= 11 is 0. The van der Waals surface area contributed by atoms with Crippen LogP contribution in [-0.4, -0.2) is 41.2 Å². The van der Waals surface area contributed by atoms with Crippen LogP contribution in [0.5, 0.6) is 0 Å². The Hall–Kier alpha value is -1.84. The highest BCUT2D eigenvalue weighted by Gasteiger charge is 2.16. The molecular formula is C18H28N2O2. The number of rotatable bonds is 8. The maximum Gasteiger partial charge on any atom is 0.224 e. The van der Waals surface area contributed by atoms with E-state index < -0.39 is 0 Å². The Labute approximate surface area is 134 Å².